The molecule has 0 amide bonds. The number of rotatable bonds is 4. The van der Waals surface area contributed by atoms with E-state index in [1.54, 1.807) is 6.33 Å². The van der Waals surface area contributed by atoms with E-state index in [0.29, 0.717) is 11.5 Å². The van der Waals surface area contributed by atoms with Crippen LogP contribution in [0.25, 0.3) is 0 Å². The van der Waals surface area contributed by atoms with Crippen LogP contribution in [0.3, 0.4) is 0 Å². The van der Waals surface area contributed by atoms with E-state index in [-0.39, 0.29) is 0 Å². The molecule has 0 saturated carbocycles. The van der Waals surface area contributed by atoms with Gasteiger partial charge >= 0.3 is 0 Å². The Labute approximate surface area is 136 Å². The fourth-order valence-electron chi connectivity index (χ4n) is 2.75. The average molecular weight is 313 g/mol. The van der Waals surface area contributed by atoms with Crippen LogP contribution < -0.4 is 21.0 Å². The lowest BCUT2D eigenvalue weighted by Crippen LogP contribution is -2.47. The zero-order chi connectivity index (χ0) is 16.2. The lowest BCUT2D eigenvalue weighted by Gasteiger charge is -2.37. The van der Waals surface area contributed by atoms with Crippen LogP contribution in [0.4, 0.5) is 23.0 Å². The number of aromatic nitrogens is 2. The molecule has 2 heterocycles. The van der Waals surface area contributed by atoms with Gasteiger partial charge in [0.05, 0.1) is 0 Å². The van der Waals surface area contributed by atoms with Gasteiger partial charge in [-0.25, -0.2) is 15.0 Å². The van der Waals surface area contributed by atoms with Gasteiger partial charge in [-0.3, -0.25) is 0 Å². The first-order chi connectivity index (χ1) is 11.1. The minimum atomic E-state index is 0.592. The molecule has 2 aromatic rings. The van der Waals surface area contributed by atoms with Crippen molar-refractivity contribution in [2.24, 2.45) is 0 Å². The summed E-state index contributed by atoms with van der Waals surface area (Å²) in [4.78, 5) is 13.2. The Morgan fingerprint density at radius 1 is 1.00 bits per heavy atom. The molecule has 23 heavy (non-hydrogen) atoms. The topological polar surface area (TPSA) is 73.5 Å². The van der Waals surface area contributed by atoms with Crippen LogP contribution in [0.1, 0.15) is 0 Å². The minimum absolute atomic E-state index is 0.592. The summed E-state index contributed by atoms with van der Waals surface area (Å²) in [5, 5.41) is 1.82. The second-order valence-electron chi connectivity index (χ2n) is 5.78. The number of benzene rings is 1. The summed E-state index contributed by atoms with van der Waals surface area (Å²) in [6, 6.07) is 10.5. The number of para-hydroxylation sites is 1. The van der Waals surface area contributed by atoms with Gasteiger partial charge in [0, 0.05) is 46.0 Å². The molecule has 0 radical (unpaired) electrons. The van der Waals surface area contributed by atoms with Gasteiger partial charge in [0.1, 0.15) is 12.0 Å². The molecule has 0 spiro atoms. The molecule has 122 valence electrons. The molecule has 3 rings (SSSR count). The minimum Gasteiger partial charge on any atom is -0.393 e. The summed E-state index contributed by atoms with van der Waals surface area (Å²) >= 11 is 0. The molecule has 1 aliphatic heterocycles. The molecule has 1 saturated heterocycles. The quantitative estimate of drug-likeness (QED) is 0.824. The van der Waals surface area contributed by atoms with E-state index in [9.17, 15) is 0 Å². The van der Waals surface area contributed by atoms with Crippen LogP contribution in [0.2, 0.25) is 0 Å². The molecule has 7 heteroatoms. The van der Waals surface area contributed by atoms with Gasteiger partial charge in [0.15, 0.2) is 11.6 Å². The number of nitrogens with zero attached hydrogens (tertiary/aromatic N) is 5. The second-order valence-corrected chi connectivity index (χ2v) is 5.78. The molecule has 1 aromatic heterocycles. The Morgan fingerprint density at radius 2 is 1.65 bits per heavy atom. The van der Waals surface area contributed by atoms with Crippen molar-refractivity contribution in [3.63, 3.8) is 0 Å². The zero-order valence-electron chi connectivity index (χ0n) is 13.6. The van der Waals surface area contributed by atoms with Crippen molar-refractivity contribution in [3.8, 4) is 0 Å². The number of hydrogen-bond acceptors (Lipinski definition) is 7. The highest BCUT2D eigenvalue weighted by molar-refractivity contribution is 5.74. The maximum absolute atomic E-state index is 6.24. The SMILES string of the molecule is CN(C)Nc1ncnc(N2CCN(c3ccccc3)CC2)c1N. The fraction of sp³-hybridized carbons (Fsp3) is 0.375. The highest BCUT2D eigenvalue weighted by Gasteiger charge is 2.21. The predicted molar refractivity (Wildman–Crippen MR) is 94.6 cm³/mol. The first-order valence-corrected chi connectivity index (χ1v) is 7.74. The molecule has 0 aliphatic carbocycles. The standard InChI is InChI=1S/C16H23N7/c1-21(2)20-15-14(17)16(19-12-18-15)23-10-8-22(9-11-23)13-6-4-3-5-7-13/h3-7,12H,8-11,17H2,1-2H3,(H,18,19,20). The van der Waals surface area contributed by atoms with E-state index < -0.39 is 0 Å². The fourth-order valence-corrected chi connectivity index (χ4v) is 2.75. The maximum Gasteiger partial charge on any atom is 0.169 e. The highest BCUT2D eigenvalue weighted by Crippen LogP contribution is 2.27. The van der Waals surface area contributed by atoms with E-state index in [1.165, 1.54) is 5.69 Å². The number of piperazine rings is 1. The number of nitrogens with two attached hydrogens (primary N) is 1. The molecule has 1 aliphatic rings. The Kier molecular flexibility index (Phi) is 4.47. The molecule has 0 unspecified atom stereocenters. The van der Waals surface area contributed by atoms with E-state index in [4.69, 9.17) is 5.73 Å². The van der Waals surface area contributed by atoms with Crippen molar-refractivity contribution >= 4 is 23.0 Å². The smallest absolute Gasteiger partial charge is 0.169 e. The van der Waals surface area contributed by atoms with Crippen LogP contribution in [-0.4, -0.2) is 55.3 Å². The van der Waals surface area contributed by atoms with Gasteiger partial charge in [-0.15, -0.1) is 0 Å². The predicted octanol–water partition coefficient (Wildman–Crippen LogP) is 1.27. The average Bonchev–Trinajstić information content (AvgIpc) is 2.57. The Balaban J connectivity index is 1.70. The summed E-state index contributed by atoms with van der Waals surface area (Å²) in [7, 11) is 3.81. The first kappa shape index (κ1) is 15.4. The van der Waals surface area contributed by atoms with Crippen molar-refractivity contribution in [2.75, 3.05) is 61.2 Å². The first-order valence-electron chi connectivity index (χ1n) is 7.74. The van der Waals surface area contributed by atoms with Crippen molar-refractivity contribution in [2.45, 2.75) is 0 Å². The molecule has 7 nitrogen and oxygen atoms in total. The van der Waals surface area contributed by atoms with Crippen LogP contribution in [0.5, 0.6) is 0 Å². The van der Waals surface area contributed by atoms with Gasteiger partial charge in [-0.2, -0.15) is 0 Å². The summed E-state index contributed by atoms with van der Waals surface area (Å²) in [5.74, 6) is 1.45. The summed E-state index contributed by atoms with van der Waals surface area (Å²) in [5.41, 5.74) is 11.2. The van der Waals surface area contributed by atoms with Gasteiger partial charge in [-0.05, 0) is 12.1 Å². The Bertz CT molecular complexity index is 636. The molecular weight excluding hydrogens is 290 g/mol. The molecular formula is C16H23N7. The molecule has 1 aromatic carbocycles. The van der Waals surface area contributed by atoms with Gasteiger partial charge < -0.3 is 21.0 Å². The number of hydrazine groups is 1. The Morgan fingerprint density at radius 3 is 2.30 bits per heavy atom. The summed E-state index contributed by atoms with van der Waals surface area (Å²) < 4.78 is 0. The number of nitrogen functional groups attached to an aromatic ring is 1. The number of anilines is 4. The summed E-state index contributed by atoms with van der Waals surface area (Å²) in [6.45, 7) is 3.67. The van der Waals surface area contributed by atoms with Crippen LogP contribution in [0.15, 0.2) is 36.7 Å². The van der Waals surface area contributed by atoms with Gasteiger partial charge in [-0.1, -0.05) is 18.2 Å². The molecule has 3 N–H and O–H groups in total. The van der Waals surface area contributed by atoms with Gasteiger partial charge in [0.2, 0.25) is 0 Å². The van der Waals surface area contributed by atoms with Crippen LogP contribution >= 0.6 is 0 Å². The normalized spacial score (nSPS) is 15.1. The third-order valence-corrected chi connectivity index (χ3v) is 3.89. The third-order valence-electron chi connectivity index (χ3n) is 3.89. The second kappa shape index (κ2) is 6.70. The van der Waals surface area contributed by atoms with Crippen molar-refractivity contribution in [1.29, 1.82) is 0 Å². The lowest BCUT2D eigenvalue weighted by atomic mass is 10.2. The van der Waals surface area contributed by atoms with Crippen molar-refractivity contribution in [3.05, 3.63) is 36.7 Å². The third kappa shape index (κ3) is 3.45. The van der Waals surface area contributed by atoms with E-state index in [2.05, 4.69) is 49.5 Å². The van der Waals surface area contributed by atoms with E-state index in [0.717, 1.165) is 32.0 Å². The molecule has 0 atom stereocenters. The van der Waals surface area contributed by atoms with Crippen LogP contribution in [0, 0.1) is 0 Å². The summed E-state index contributed by atoms with van der Waals surface area (Å²) in [6.07, 6.45) is 1.56. The molecule has 0 bridgehead atoms. The zero-order valence-corrected chi connectivity index (χ0v) is 13.6. The number of hydrogen-bond donors (Lipinski definition) is 2. The van der Waals surface area contributed by atoms with Crippen LogP contribution in [-0.2, 0) is 0 Å². The lowest BCUT2D eigenvalue weighted by molar-refractivity contribution is 0.492. The Hall–Kier alpha value is -2.54. The van der Waals surface area contributed by atoms with Gasteiger partial charge in [0.25, 0.3) is 0 Å². The highest BCUT2D eigenvalue weighted by atomic mass is 15.5. The van der Waals surface area contributed by atoms with E-state index >= 15 is 0 Å². The van der Waals surface area contributed by atoms with Crippen molar-refractivity contribution < 1.29 is 0 Å². The largest absolute Gasteiger partial charge is 0.393 e. The van der Waals surface area contributed by atoms with E-state index in [1.807, 2.05) is 25.2 Å². The maximum atomic E-state index is 6.24. The van der Waals surface area contributed by atoms with Crippen molar-refractivity contribution in [1.82, 2.24) is 15.0 Å². The monoisotopic (exact) mass is 313 g/mol. The molecule has 1 fully saturated rings. The number of nitrogens with one attached hydrogen (secondary N) is 1.